The van der Waals surface area contributed by atoms with Crippen molar-refractivity contribution in [3.8, 4) is 0 Å². The standard InChI is InChI=1S/C17H21F3N2O3/c1-2-11(12-6-4-3-5-7-12)8-21-16(25)22-9-13(15(23)24)14(10-22)17(18,19)20/h3-7,11,13-14H,2,8-10H2,1H3,(H,21,25)(H,23,24)/t11?,13-,14-/m1/s1. The fourth-order valence-corrected chi connectivity index (χ4v) is 3.10. The molecule has 2 amide bonds. The lowest BCUT2D eigenvalue weighted by Crippen LogP contribution is -2.41. The minimum atomic E-state index is -4.64. The average molecular weight is 358 g/mol. The van der Waals surface area contributed by atoms with E-state index >= 15 is 0 Å². The van der Waals surface area contributed by atoms with Gasteiger partial charge in [-0.15, -0.1) is 0 Å². The van der Waals surface area contributed by atoms with Gasteiger partial charge in [0.05, 0.1) is 11.8 Å². The number of carbonyl (C=O) groups excluding carboxylic acids is 1. The molecule has 1 aromatic carbocycles. The number of benzene rings is 1. The Hall–Kier alpha value is -2.25. The third-order valence-corrected chi connectivity index (χ3v) is 4.61. The van der Waals surface area contributed by atoms with E-state index in [0.29, 0.717) is 0 Å². The molecule has 138 valence electrons. The number of carboxylic acids is 1. The maximum absolute atomic E-state index is 13.0. The normalized spacial score (nSPS) is 21.8. The SMILES string of the molecule is CCC(CNC(=O)N1C[C@@H](C(F)(F)F)[C@H](C(=O)O)C1)c1ccccc1. The average Bonchev–Trinajstić information content (AvgIpc) is 3.02. The van der Waals surface area contributed by atoms with Crippen LogP contribution < -0.4 is 5.32 Å². The summed E-state index contributed by atoms with van der Waals surface area (Å²) < 4.78 is 38.9. The Labute approximate surface area is 143 Å². The molecule has 0 aliphatic carbocycles. The molecular weight excluding hydrogens is 337 g/mol. The number of urea groups is 1. The Kier molecular flexibility index (Phi) is 5.92. The molecule has 0 spiro atoms. The molecule has 5 nitrogen and oxygen atoms in total. The molecule has 0 saturated carbocycles. The van der Waals surface area contributed by atoms with Crippen LogP contribution in [0.15, 0.2) is 30.3 Å². The summed E-state index contributed by atoms with van der Waals surface area (Å²) in [7, 11) is 0. The summed E-state index contributed by atoms with van der Waals surface area (Å²) in [6, 6.07) is 8.83. The van der Waals surface area contributed by atoms with E-state index in [1.165, 1.54) is 0 Å². The number of halogens is 3. The van der Waals surface area contributed by atoms with Gasteiger partial charge in [-0.3, -0.25) is 4.79 Å². The summed E-state index contributed by atoms with van der Waals surface area (Å²) in [5.74, 6) is -5.15. The monoisotopic (exact) mass is 358 g/mol. The smallest absolute Gasteiger partial charge is 0.394 e. The van der Waals surface area contributed by atoms with Crippen molar-refractivity contribution in [2.24, 2.45) is 11.8 Å². The maximum atomic E-state index is 13.0. The van der Waals surface area contributed by atoms with Crippen molar-refractivity contribution in [3.05, 3.63) is 35.9 Å². The first-order valence-corrected chi connectivity index (χ1v) is 8.11. The van der Waals surface area contributed by atoms with Crippen molar-refractivity contribution in [1.82, 2.24) is 10.2 Å². The van der Waals surface area contributed by atoms with E-state index in [4.69, 9.17) is 5.11 Å². The van der Waals surface area contributed by atoms with Crippen molar-refractivity contribution >= 4 is 12.0 Å². The second-order valence-electron chi connectivity index (χ2n) is 6.20. The van der Waals surface area contributed by atoms with Gasteiger partial charge >= 0.3 is 18.2 Å². The van der Waals surface area contributed by atoms with Crippen LogP contribution in [0.4, 0.5) is 18.0 Å². The lowest BCUT2D eigenvalue weighted by atomic mass is 9.96. The van der Waals surface area contributed by atoms with Crippen LogP contribution >= 0.6 is 0 Å². The van der Waals surface area contributed by atoms with Gasteiger partial charge in [0.25, 0.3) is 0 Å². The van der Waals surface area contributed by atoms with E-state index in [2.05, 4.69) is 5.32 Å². The van der Waals surface area contributed by atoms with Crippen molar-refractivity contribution in [1.29, 1.82) is 0 Å². The third kappa shape index (κ3) is 4.64. The highest BCUT2D eigenvalue weighted by Gasteiger charge is 2.53. The van der Waals surface area contributed by atoms with Crippen molar-refractivity contribution < 1.29 is 27.9 Å². The second kappa shape index (κ2) is 7.76. The van der Waals surface area contributed by atoms with Crippen molar-refractivity contribution in [2.75, 3.05) is 19.6 Å². The summed E-state index contributed by atoms with van der Waals surface area (Å²) in [6.45, 7) is 1.17. The van der Waals surface area contributed by atoms with Crippen LogP contribution in [-0.2, 0) is 4.79 Å². The number of carboxylic acid groups (broad SMARTS) is 1. The lowest BCUT2D eigenvalue weighted by molar-refractivity contribution is -0.187. The van der Waals surface area contributed by atoms with Crippen LogP contribution in [0.5, 0.6) is 0 Å². The molecule has 1 fully saturated rings. The van der Waals surface area contributed by atoms with Gasteiger partial charge in [0.2, 0.25) is 0 Å². The summed E-state index contributed by atoms with van der Waals surface area (Å²) in [5, 5.41) is 11.6. The summed E-state index contributed by atoms with van der Waals surface area (Å²) in [6.07, 6.45) is -3.89. The number of alkyl halides is 3. The molecule has 1 aliphatic rings. The topological polar surface area (TPSA) is 69.6 Å². The lowest BCUT2D eigenvalue weighted by Gasteiger charge is -2.21. The Balaban J connectivity index is 1.98. The number of amides is 2. The first-order chi connectivity index (χ1) is 11.7. The quantitative estimate of drug-likeness (QED) is 0.850. The molecule has 3 atom stereocenters. The molecule has 2 N–H and O–H groups in total. The molecule has 1 aliphatic heterocycles. The fourth-order valence-electron chi connectivity index (χ4n) is 3.10. The Bertz CT molecular complexity index is 607. The number of rotatable bonds is 5. The van der Waals surface area contributed by atoms with Gasteiger partial charge in [-0.2, -0.15) is 13.2 Å². The Morgan fingerprint density at radius 3 is 2.40 bits per heavy atom. The predicted octanol–water partition coefficient (Wildman–Crippen LogP) is 3.08. The first kappa shape index (κ1) is 19.1. The third-order valence-electron chi connectivity index (χ3n) is 4.61. The maximum Gasteiger partial charge on any atom is 0.394 e. The molecule has 1 aromatic rings. The number of nitrogens with one attached hydrogen (secondary N) is 1. The summed E-state index contributed by atoms with van der Waals surface area (Å²) >= 11 is 0. The molecule has 8 heteroatoms. The fraction of sp³-hybridized carbons (Fsp3) is 0.529. The number of likely N-dealkylation sites (tertiary alicyclic amines) is 1. The number of hydrogen-bond donors (Lipinski definition) is 2. The highest BCUT2D eigenvalue weighted by Crippen LogP contribution is 2.37. The van der Waals surface area contributed by atoms with Gasteiger partial charge in [0.15, 0.2) is 0 Å². The number of carbonyl (C=O) groups is 2. The predicted molar refractivity (Wildman–Crippen MR) is 85.1 cm³/mol. The Morgan fingerprint density at radius 1 is 1.28 bits per heavy atom. The van der Waals surface area contributed by atoms with E-state index in [-0.39, 0.29) is 12.5 Å². The minimum Gasteiger partial charge on any atom is -0.481 e. The van der Waals surface area contributed by atoms with Gasteiger partial charge in [-0.25, -0.2) is 4.79 Å². The minimum absolute atomic E-state index is 0.0430. The molecule has 1 heterocycles. The second-order valence-corrected chi connectivity index (χ2v) is 6.20. The van der Waals surface area contributed by atoms with E-state index in [9.17, 15) is 22.8 Å². The van der Waals surface area contributed by atoms with Crippen LogP contribution in [0.25, 0.3) is 0 Å². The molecule has 25 heavy (non-hydrogen) atoms. The zero-order valence-electron chi connectivity index (χ0n) is 13.8. The van der Waals surface area contributed by atoms with E-state index in [1.807, 2.05) is 37.3 Å². The highest BCUT2D eigenvalue weighted by molar-refractivity contribution is 5.77. The number of hydrogen-bond acceptors (Lipinski definition) is 2. The van der Waals surface area contributed by atoms with Crippen LogP contribution in [0.3, 0.4) is 0 Å². The molecular formula is C17H21F3N2O3. The summed E-state index contributed by atoms with van der Waals surface area (Å²) in [4.78, 5) is 24.2. The van der Waals surface area contributed by atoms with E-state index < -0.39 is 43.1 Å². The molecule has 2 rings (SSSR count). The number of nitrogens with zero attached hydrogens (tertiary/aromatic N) is 1. The van der Waals surface area contributed by atoms with Gasteiger partial charge in [-0.1, -0.05) is 37.3 Å². The molecule has 1 unspecified atom stereocenters. The largest absolute Gasteiger partial charge is 0.481 e. The van der Waals surface area contributed by atoms with E-state index in [1.54, 1.807) is 0 Å². The van der Waals surface area contributed by atoms with Gasteiger partial charge < -0.3 is 15.3 Å². The molecule has 1 saturated heterocycles. The number of aliphatic carboxylic acids is 1. The Morgan fingerprint density at radius 2 is 1.92 bits per heavy atom. The van der Waals surface area contributed by atoms with Gasteiger partial charge in [0, 0.05) is 25.6 Å². The van der Waals surface area contributed by atoms with Crippen molar-refractivity contribution in [3.63, 3.8) is 0 Å². The zero-order valence-corrected chi connectivity index (χ0v) is 13.8. The summed E-state index contributed by atoms with van der Waals surface area (Å²) in [5.41, 5.74) is 1.03. The first-order valence-electron chi connectivity index (χ1n) is 8.11. The molecule has 0 radical (unpaired) electrons. The van der Waals surface area contributed by atoms with Crippen molar-refractivity contribution in [2.45, 2.75) is 25.4 Å². The van der Waals surface area contributed by atoms with Crippen LogP contribution in [0, 0.1) is 11.8 Å². The van der Waals surface area contributed by atoms with Crippen LogP contribution in [-0.4, -0.2) is 47.8 Å². The van der Waals surface area contributed by atoms with E-state index in [0.717, 1.165) is 16.9 Å². The molecule has 0 aromatic heterocycles. The van der Waals surface area contributed by atoms with Gasteiger partial charge in [0.1, 0.15) is 0 Å². The van der Waals surface area contributed by atoms with Gasteiger partial charge in [-0.05, 0) is 12.0 Å². The highest BCUT2D eigenvalue weighted by atomic mass is 19.4. The van der Waals surface area contributed by atoms with Crippen LogP contribution in [0.2, 0.25) is 0 Å². The molecule has 0 bridgehead atoms. The zero-order chi connectivity index (χ0) is 18.6. The van der Waals surface area contributed by atoms with Crippen LogP contribution in [0.1, 0.15) is 24.8 Å².